The van der Waals surface area contributed by atoms with Gasteiger partial charge < -0.3 is 24.8 Å². The van der Waals surface area contributed by atoms with E-state index in [9.17, 15) is 0 Å². The van der Waals surface area contributed by atoms with Crippen molar-refractivity contribution < 1.29 is 51.0 Å². The first-order valence-corrected chi connectivity index (χ1v) is 10.3. The largest absolute Gasteiger partial charge is 4.00 e. The molecule has 0 spiro atoms. The summed E-state index contributed by atoms with van der Waals surface area (Å²) < 4.78 is 0. The Bertz CT molecular complexity index is 826. The van der Waals surface area contributed by atoms with Crippen LogP contribution in [0.1, 0.15) is 72.9 Å². The SMILES string of the molecule is CC1=[C-]C(C)C(C)=C1C.Cc1cc2c([cH-]1)CCCC2c1ccc(C)s1.[Cl-].[Cl-].[Zr+4]. The molecule has 4 heteroatoms. The van der Waals surface area contributed by atoms with Crippen molar-refractivity contribution in [2.24, 2.45) is 5.92 Å². The van der Waals surface area contributed by atoms with Gasteiger partial charge in [0.25, 0.3) is 0 Å². The monoisotopic (exact) mass is 510 g/mol. The van der Waals surface area contributed by atoms with Crippen LogP contribution in [-0.2, 0) is 32.6 Å². The first-order chi connectivity index (χ1) is 11.9. The van der Waals surface area contributed by atoms with Gasteiger partial charge in [0.15, 0.2) is 0 Å². The van der Waals surface area contributed by atoms with E-state index < -0.39 is 0 Å². The number of hydrogen-bond acceptors (Lipinski definition) is 1. The molecule has 0 N–H and O–H groups in total. The molecule has 0 radical (unpaired) electrons. The normalized spacial score (nSPS) is 20.0. The van der Waals surface area contributed by atoms with Crippen molar-refractivity contribution in [3.8, 4) is 0 Å². The Balaban J connectivity index is 0.000000533. The Morgan fingerprint density at radius 2 is 1.75 bits per heavy atom. The maximum atomic E-state index is 3.36. The maximum absolute atomic E-state index is 3.36. The average molecular weight is 513 g/mol. The van der Waals surface area contributed by atoms with Crippen molar-refractivity contribution in [3.63, 3.8) is 0 Å². The fourth-order valence-electron chi connectivity index (χ4n) is 4.03. The van der Waals surface area contributed by atoms with E-state index in [2.05, 4.69) is 71.9 Å². The molecule has 1 heterocycles. The molecule has 2 unspecified atom stereocenters. The van der Waals surface area contributed by atoms with Crippen LogP contribution in [0.25, 0.3) is 0 Å². The maximum Gasteiger partial charge on any atom is 4.00 e. The quantitative estimate of drug-likeness (QED) is 0.505. The molecule has 1 aromatic carbocycles. The number of allylic oxidation sites excluding steroid dienone is 4. The molecule has 2 aromatic rings. The second-order valence-corrected chi connectivity index (χ2v) is 9.03. The molecule has 0 aliphatic heterocycles. The van der Waals surface area contributed by atoms with Gasteiger partial charge in [-0.3, -0.25) is 6.08 Å². The van der Waals surface area contributed by atoms with Crippen LogP contribution in [0.4, 0.5) is 0 Å². The molecule has 1 aromatic heterocycles. The molecule has 0 nitrogen and oxygen atoms in total. The molecule has 150 valence electrons. The van der Waals surface area contributed by atoms with Gasteiger partial charge >= 0.3 is 26.2 Å². The average Bonchev–Trinajstić information content (AvgIpc) is 3.22. The third kappa shape index (κ3) is 6.24. The van der Waals surface area contributed by atoms with Gasteiger partial charge in [0.2, 0.25) is 0 Å². The zero-order valence-corrected chi connectivity index (χ0v) is 22.5. The molecule has 2 atom stereocenters. The van der Waals surface area contributed by atoms with E-state index in [4.69, 9.17) is 0 Å². The molecule has 0 fully saturated rings. The van der Waals surface area contributed by atoms with Gasteiger partial charge in [-0.15, -0.1) is 18.3 Å². The summed E-state index contributed by atoms with van der Waals surface area (Å²) in [5.74, 6) is 1.24. The standard InChI is InChI=1S/C15H17S.C9H13.2ClH.Zr/c1-10-8-12-4-3-5-13(14(12)9-10)15-7-6-11(2)16-15;1-6-5-7(2)9(4)8(6)3;;;/h6-9,13H,3-5H2,1-2H3;6H,1-4H3;2*1H;/q2*-1;;;+4/p-2. The zero-order chi connectivity index (χ0) is 18.1. The number of thiophene rings is 1. The molecule has 2 aliphatic carbocycles. The predicted octanol–water partition coefficient (Wildman–Crippen LogP) is 1.28. The Morgan fingerprint density at radius 3 is 2.21 bits per heavy atom. The Morgan fingerprint density at radius 1 is 1.07 bits per heavy atom. The first kappa shape index (κ1) is 28.0. The van der Waals surface area contributed by atoms with Gasteiger partial charge in [0.1, 0.15) is 0 Å². The number of aryl methyl sites for hydroxylation is 3. The number of rotatable bonds is 1. The van der Waals surface area contributed by atoms with Gasteiger partial charge in [-0.05, 0) is 29.9 Å². The number of halogens is 2. The predicted molar refractivity (Wildman–Crippen MR) is 111 cm³/mol. The molecule has 28 heavy (non-hydrogen) atoms. The zero-order valence-electron chi connectivity index (χ0n) is 17.7. The summed E-state index contributed by atoms with van der Waals surface area (Å²) in [4.78, 5) is 2.99. The van der Waals surface area contributed by atoms with Gasteiger partial charge in [-0.25, -0.2) is 11.6 Å². The fraction of sp³-hybridized carbons (Fsp3) is 0.458. The van der Waals surface area contributed by atoms with E-state index in [1.165, 1.54) is 46.4 Å². The minimum atomic E-state index is 0. The summed E-state index contributed by atoms with van der Waals surface area (Å²) in [7, 11) is 0. The minimum Gasteiger partial charge on any atom is -1.00 e. The Kier molecular flexibility index (Phi) is 12.0. The van der Waals surface area contributed by atoms with Crippen LogP contribution < -0.4 is 24.8 Å². The van der Waals surface area contributed by atoms with Gasteiger partial charge in [-0.2, -0.15) is 33.9 Å². The van der Waals surface area contributed by atoms with Crippen LogP contribution in [0.3, 0.4) is 0 Å². The van der Waals surface area contributed by atoms with Crippen molar-refractivity contribution in [3.05, 3.63) is 73.5 Å². The smallest absolute Gasteiger partial charge is 1.00 e. The molecule has 0 bridgehead atoms. The van der Waals surface area contributed by atoms with Crippen LogP contribution in [0.5, 0.6) is 0 Å². The van der Waals surface area contributed by atoms with Crippen molar-refractivity contribution >= 4 is 11.3 Å². The van der Waals surface area contributed by atoms with E-state index in [-0.39, 0.29) is 51.0 Å². The molecular weight excluding hydrogens is 482 g/mol. The molecule has 0 saturated heterocycles. The molecular formula is C24H30Cl2SZr. The van der Waals surface area contributed by atoms with Gasteiger partial charge in [-0.1, -0.05) is 52.9 Å². The van der Waals surface area contributed by atoms with Gasteiger partial charge in [0, 0.05) is 4.88 Å². The van der Waals surface area contributed by atoms with E-state index in [1.54, 1.807) is 16.0 Å². The van der Waals surface area contributed by atoms with Crippen molar-refractivity contribution in [1.29, 1.82) is 0 Å². The summed E-state index contributed by atoms with van der Waals surface area (Å²) in [5, 5.41) is 0. The molecule has 0 saturated carbocycles. The van der Waals surface area contributed by atoms with Crippen LogP contribution in [0, 0.1) is 25.8 Å². The molecule has 2 aliphatic rings. The second kappa shape index (κ2) is 12.0. The van der Waals surface area contributed by atoms with Crippen LogP contribution >= 0.6 is 11.3 Å². The third-order valence-electron chi connectivity index (χ3n) is 5.81. The van der Waals surface area contributed by atoms with Crippen molar-refractivity contribution in [2.75, 3.05) is 0 Å². The first-order valence-electron chi connectivity index (χ1n) is 9.47. The summed E-state index contributed by atoms with van der Waals surface area (Å²) in [6.45, 7) is 13.1. The topological polar surface area (TPSA) is 0 Å². The van der Waals surface area contributed by atoms with E-state index in [0.29, 0.717) is 11.8 Å². The Hall–Kier alpha value is -0.00688. The fourth-order valence-corrected chi connectivity index (χ4v) is 5.06. The van der Waals surface area contributed by atoms with Crippen molar-refractivity contribution in [2.45, 2.75) is 66.7 Å². The summed E-state index contributed by atoms with van der Waals surface area (Å²) in [5.41, 5.74) is 8.88. The summed E-state index contributed by atoms with van der Waals surface area (Å²) >= 11 is 1.97. The van der Waals surface area contributed by atoms with E-state index in [0.717, 1.165) is 0 Å². The van der Waals surface area contributed by atoms with Crippen LogP contribution in [-0.4, -0.2) is 0 Å². The van der Waals surface area contributed by atoms with Gasteiger partial charge in [0.05, 0.1) is 0 Å². The Labute approximate surface area is 207 Å². The number of fused-ring (bicyclic) bond motifs is 1. The van der Waals surface area contributed by atoms with E-state index in [1.807, 2.05) is 11.3 Å². The van der Waals surface area contributed by atoms with Crippen LogP contribution in [0.2, 0.25) is 0 Å². The second-order valence-electron chi connectivity index (χ2n) is 7.71. The third-order valence-corrected chi connectivity index (χ3v) is 6.93. The van der Waals surface area contributed by atoms with E-state index >= 15 is 0 Å². The molecule has 0 amide bonds. The summed E-state index contributed by atoms with van der Waals surface area (Å²) in [6, 6.07) is 9.35. The number of hydrogen-bond donors (Lipinski definition) is 0. The van der Waals surface area contributed by atoms with Crippen LogP contribution in [0.15, 0.2) is 41.0 Å². The molecule has 4 rings (SSSR count). The van der Waals surface area contributed by atoms with Crippen molar-refractivity contribution in [1.82, 2.24) is 0 Å². The summed E-state index contributed by atoms with van der Waals surface area (Å²) in [6.07, 6.45) is 7.32. The minimum absolute atomic E-state index is 0.